The molecule has 1 atom stereocenters. The van der Waals surface area contributed by atoms with Crippen LogP contribution >= 0.6 is 35.0 Å². The van der Waals surface area contributed by atoms with Crippen LogP contribution in [0.3, 0.4) is 0 Å². The van der Waals surface area contributed by atoms with Gasteiger partial charge in [0.05, 0.1) is 27.6 Å². The predicted molar refractivity (Wildman–Crippen MR) is 170 cm³/mol. The van der Waals surface area contributed by atoms with E-state index in [1.165, 1.54) is 16.0 Å². The molecule has 0 spiro atoms. The van der Waals surface area contributed by atoms with Gasteiger partial charge in [-0.1, -0.05) is 72.9 Å². The lowest BCUT2D eigenvalue weighted by molar-refractivity contribution is -0.118. The van der Waals surface area contributed by atoms with E-state index < -0.39 is 5.92 Å². The summed E-state index contributed by atoms with van der Waals surface area (Å²) in [7, 11) is 0. The Morgan fingerprint density at radius 2 is 1.78 bits per heavy atom. The van der Waals surface area contributed by atoms with Crippen LogP contribution in [-0.2, 0) is 10.5 Å². The number of thioether (sulfide) groups is 1. The number of hydrogen-bond acceptors (Lipinski definition) is 5. The van der Waals surface area contributed by atoms with Crippen LogP contribution in [0.4, 0.5) is 5.69 Å². The average molecular weight is 603 g/mol. The smallest absolute Gasteiger partial charge is 0.162 e. The van der Waals surface area contributed by atoms with Gasteiger partial charge in [0.15, 0.2) is 5.78 Å². The Morgan fingerprint density at radius 1 is 1.05 bits per heavy atom. The van der Waals surface area contributed by atoms with Gasteiger partial charge in [0, 0.05) is 34.0 Å². The summed E-state index contributed by atoms with van der Waals surface area (Å²) in [5.74, 6) is 0.599. The number of hydrogen-bond donors (Lipinski definition) is 1. The summed E-state index contributed by atoms with van der Waals surface area (Å²) >= 11 is 14.4. The van der Waals surface area contributed by atoms with Gasteiger partial charge in [-0.05, 0) is 79.1 Å². The second kappa shape index (κ2) is 11.2. The van der Waals surface area contributed by atoms with Gasteiger partial charge < -0.3 is 5.73 Å². The van der Waals surface area contributed by atoms with Crippen molar-refractivity contribution in [3.05, 3.63) is 115 Å². The second-order valence-corrected chi connectivity index (χ2v) is 13.6. The van der Waals surface area contributed by atoms with Gasteiger partial charge >= 0.3 is 0 Å². The molecule has 4 nitrogen and oxygen atoms in total. The molecule has 2 N–H and O–H groups in total. The highest BCUT2D eigenvalue weighted by Gasteiger charge is 2.45. The van der Waals surface area contributed by atoms with Gasteiger partial charge in [0.1, 0.15) is 5.82 Å². The Hall–Kier alpha value is -3.17. The lowest BCUT2D eigenvalue weighted by Gasteiger charge is -2.44. The maximum Gasteiger partial charge on any atom is 0.162 e. The average Bonchev–Trinajstić information content (AvgIpc) is 2.90. The number of Topliss-reactive ketones (excluding diaryl/α,β-unsaturated/α-hetero) is 1. The highest BCUT2D eigenvalue weighted by Crippen LogP contribution is 2.51. The van der Waals surface area contributed by atoms with Crippen molar-refractivity contribution in [2.24, 2.45) is 11.1 Å². The van der Waals surface area contributed by atoms with Crippen LogP contribution in [-0.4, -0.2) is 5.78 Å². The van der Waals surface area contributed by atoms with Gasteiger partial charge in [-0.15, -0.1) is 11.8 Å². The van der Waals surface area contributed by atoms with Crippen molar-refractivity contribution >= 4 is 46.4 Å². The molecule has 3 aromatic carbocycles. The van der Waals surface area contributed by atoms with Crippen LogP contribution < -0.4 is 10.6 Å². The number of halogens is 2. The van der Waals surface area contributed by atoms with Crippen LogP contribution in [0.5, 0.6) is 0 Å². The number of aryl methyl sites for hydroxylation is 2. The van der Waals surface area contributed by atoms with E-state index in [0.29, 0.717) is 45.5 Å². The second-order valence-electron chi connectivity index (χ2n) is 11.8. The number of allylic oxidation sites excluding steroid dienone is 3. The first-order valence-corrected chi connectivity index (χ1v) is 15.4. The number of carbonyl (C=O) groups is 1. The summed E-state index contributed by atoms with van der Waals surface area (Å²) in [6, 6.07) is 20.4. The highest BCUT2D eigenvalue weighted by molar-refractivity contribution is 7.98. The lowest BCUT2D eigenvalue weighted by atomic mass is 9.68. The van der Waals surface area contributed by atoms with Crippen LogP contribution in [0.2, 0.25) is 10.0 Å². The fraction of sp³-hybridized carbons (Fsp3) is 0.294. The van der Waals surface area contributed by atoms with Crippen LogP contribution in [0.25, 0.3) is 0 Å². The van der Waals surface area contributed by atoms with E-state index in [4.69, 9.17) is 28.9 Å². The number of nitrogens with zero attached hydrogens (tertiary/aromatic N) is 2. The normalized spacial score (nSPS) is 18.4. The van der Waals surface area contributed by atoms with Crippen molar-refractivity contribution in [3.63, 3.8) is 0 Å². The zero-order chi connectivity index (χ0) is 29.6. The Labute approximate surface area is 256 Å². The summed E-state index contributed by atoms with van der Waals surface area (Å²) in [6.07, 6.45) is 1.03. The summed E-state index contributed by atoms with van der Waals surface area (Å²) in [5, 5.41) is 11.4. The summed E-state index contributed by atoms with van der Waals surface area (Å²) in [6.45, 7) is 10.5. The SMILES string of the molecule is Cc1cc(CSc2ccccc2C)c(C)c(C2C(C#N)=C(N)N(c3ccc(Cl)c(Cl)c3)C3=C2C(=O)CC(C)(C)C3)c1. The van der Waals surface area contributed by atoms with Crippen molar-refractivity contribution in [2.75, 3.05) is 4.90 Å². The van der Waals surface area contributed by atoms with Crippen molar-refractivity contribution in [2.45, 2.75) is 64.0 Å². The van der Waals surface area contributed by atoms with Gasteiger partial charge in [-0.2, -0.15) is 5.26 Å². The van der Waals surface area contributed by atoms with Crippen molar-refractivity contribution in [1.29, 1.82) is 5.26 Å². The van der Waals surface area contributed by atoms with Gasteiger partial charge in [-0.25, -0.2) is 0 Å². The summed E-state index contributed by atoms with van der Waals surface area (Å²) < 4.78 is 0. The number of nitriles is 1. The Bertz CT molecular complexity index is 1680. The molecule has 1 aliphatic carbocycles. The third-order valence-corrected chi connectivity index (χ3v) is 9.99. The van der Waals surface area contributed by atoms with E-state index >= 15 is 0 Å². The molecule has 0 amide bonds. The van der Waals surface area contributed by atoms with E-state index in [1.807, 2.05) is 17.0 Å². The third-order valence-electron chi connectivity index (χ3n) is 8.03. The standard InChI is InChI=1S/C34H33Cl2N3OS/c1-19-12-22(18-41-30-9-7-6-8-20(30)2)21(3)24(13-19)31-25(17-37)33(38)39(23-10-11-26(35)27(36)14-23)28-15-34(4,5)16-29(40)32(28)31/h6-14,31H,15-16,18,38H2,1-5H3. The molecule has 2 aliphatic rings. The Kier molecular flexibility index (Phi) is 8.05. The maximum absolute atomic E-state index is 14.0. The molecule has 0 aromatic heterocycles. The summed E-state index contributed by atoms with van der Waals surface area (Å²) in [4.78, 5) is 17.1. The Balaban J connectivity index is 1.69. The number of rotatable bonds is 5. The third kappa shape index (κ3) is 5.54. The molecule has 3 aromatic rings. The minimum Gasteiger partial charge on any atom is -0.384 e. The molecule has 210 valence electrons. The number of nitrogens with two attached hydrogens (primary N) is 1. The predicted octanol–water partition coefficient (Wildman–Crippen LogP) is 9.15. The van der Waals surface area contributed by atoms with E-state index in [2.05, 4.69) is 71.0 Å². The van der Waals surface area contributed by atoms with Gasteiger partial charge in [0.2, 0.25) is 0 Å². The zero-order valence-electron chi connectivity index (χ0n) is 23.9. The van der Waals surface area contributed by atoms with E-state index in [1.54, 1.807) is 23.9 Å². The molecule has 41 heavy (non-hydrogen) atoms. The first-order chi connectivity index (χ1) is 19.4. The molecule has 0 saturated carbocycles. The number of benzene rings is 3. The minimum absolute atomic E-state index is 0.0447. The van der Waals surface area contributed by atoms with Crippen LogP contribution in [0, 0.1) is 37.5 Å². The van der Waals surface area contributed by atoms with Gasteiger partial charge in [-0.3, -0.25) is 9.69 Å². The van der Waals surface area contributed by atoms with Crippen molar-refractivity contribution < 1.29 is 4.79 Å². The molecule has 0 radical (unpaired) electrons. The Morgan fingerprint density at radius 3 is 2.46 bits per heavy atom. The van der Waals surface area contributed by atoms with E-state index in [9.17, 15) is 10.1 Å². The molecule has 0 bridgehead atoms. The molecule has 0 fully saturated rings. The number of ketones is 1. The van der Waals surface area contributed by atoms with Crippen molar-refractivity contribution in [3.8, 4) is 6.07 Å². The molecular weight excluding hydrogens is 569 g/mol. The fourth-order valence-electron chi connectivity index (χ4n) is 6.03. The van der Waals surface area contributed by atoms with Crippen LogP contribution in [0.1, 0.15) is 60.4 Å². The topological polar surface area (TPSA) is 70.1 Å². The van der Waals surface area contributed by atoms with Crippen LogP contribution in [0.15, 0.2) is 82.2 Å². The van der Waals surface area contributed by atoms with Crippen molar-refractivity contribution in [1.82, 2.24) is 0 Å². The zero-order valence-corrected chi connectivity index (χ0v) is 26.3. The summed E-state index contributed by atoms with van der Waals surface area (Å²) in [5.41, 5.74) is 14.6. The lowest BCUT2D eigenvalue weighted by Crippen LogP contribution is -2.42. The number of carbonyl (C=O) groups excluding carboxylic acids is 1. The van der Waals surface area contributed by atoms with Gasteiger partial charge in [0.25, 0.3) is 0 Å². The quantitative estimate of drug-likeness (QED) is 0.295. The molecule has 7 heteroatoms. The number of anilines is 1. The minimum atomic E-state index is -0.542. The maximum atomic E-state index is 14.0. The first-order valence-electron chi connectivity index (χ1n) is 13.6. The first kappa shape index (κ1) is 29.3. The molecule has 0 saturated heterocycles. The molecule has 1 aliphatic heterocycles. The molecule has 1 unspecified atom stereocenters. The largest absolute Gasteiger partial charge is 0.384 e. The molecule has 1 heterocycles. The monoisotopic (exact) mass is 601 g/mol. The highest BCUT2D eigenvalue weighted by atomic mass is 35.5. The fourth-order valence-corrected chi connectivity index (χ4v) is 7.40. The van der Waals surface area contributed by atoms with E-state index in [-0.39, 0.29) is 11.2 Å². The molecule has 5 rings (SSSR count). The molecular formula is C34H33Cl2N3OS. The van der Waals surface area contributed by atoms with E-state index in [0.717, 1.165) is 28.1 Å².